The first-order valence-electron chi connectivity index (χ1n) is 9.78. The van der Waals surface area contributed by atoms with E-state index in [1.165, 1.54) is 6.07 Å². The van der Waals surface area contributed by atoms with Crippen molar-refractivity contribution >= 4 is 11.6 Å². The Hall–Kier alpha value is -2.28. The average Bonchev–Trinajstić information content (AvgIpc) is 2.93. The number of hydrogen-bond acceptors (Lipinski definition) is 4. The van der Waals surface area contributed by atoms with E-state index in [1.54, 1.807) is 12.1 Å². The minimum Gasteiger partial charge on any atom is -0.329 e. The highest BCUT2D eigenvalue weighted by atomic mass is 19.1. The smallest absolute Gasteiger partial charge is 0.231 e. The Bertz CT molecular complexity index is 804. The molecule has 0 spiro atoms. The second-order valence-corrected chi connectivity index (χ2v) is 7.24. The van der Waals surface area contributed by atoms with Crippen molar-refractivity contribution in [3.05, 3.63) is 29.8 Å². The molecule has 0 radical (unpaired) electrons. The van der Waals surface area contributed by atoms with Crippen LogP contribution in [0.2, 0.25) is 0 Å². The number of fused-ring (bicyclic) bond motifs is 1. The van der Waals surface area contributed by atoms with Crippen LogP contribution in [-0.4, -0.2) is 27.2 Å². The lowest BCUT2D eigenvalue weighted by Crippen LogP contribution is -2.41. The van der Waals surface area contributed by atoms with E-state index in [0.29, 0.717) is 29.9 Å². The number of aromatic nitrogens is 3. The predicted octanol–water partition coefficient (Wildman–Crippen LogP) is 3.51. The standard InChI is InChI=1S/C20H28FN5O/c1-3-20(4-2,13-22)19(27)23-14-9-10-16(21)15(12-14)18-25-24-17-8-6-5-7-11-26(17)18/h9-10,12H,3-8,11,13,22H2,1-2H3,(H,23,27). The summed E-state index contributed by atoms with van der Waals surface area (Å²) in [5, 5.41) is 11.4. The van der Waals surface area contributed by atoms with Crippen LogP contribution in [0.1, 0.15) is 51.8 Å². The Morgan fingerprint density at radius 3 is 2.74 bits per heavy atom. The first kappa shape index (κ1) is 19.5. The van der Waals surface area contributed by atoms with Gasteiger partial charge in [0.1, 0.15) is 11.6 Å². The highest BCUT2D eigenvalue weighted by molar-refractivity contribution is 5.96. The first-order valence-corrected chi connectivity index (χ1v) is 9.78. The lowest BCUT2D eigenvalue weighted by molar-refractivity contribution is -0.125. The van der Waals surface area contributed by atoms with Crippen molar-refractivity contribution in [2.75, 3.05) is 11.9 Å². The fraction of sp³-hybridized carbons (Fsp3) is 0.550. The number of aryl methyl sites for hydroxylation is 1. The second-order valence-electron chi connectivity index (χ2n) is 7.24. The molecule has 1 aromatic carbocycles. The highest BCUT2D eigenvalue weighted by Gasteiger charge is 2.33. The van der Waals surface area contributed by atoms with Crippen molar-refractivity contribution in [2.24, 2.45) is 11.1 Å². The minimum atomic E-state index is -0.611. The summed E-state index contributed by atoms with van der Waals surface area (Å²) in [7, 11) is 0. The summed E-state index contributed by atoms with van der Waals surface area (Å²) < 4.78 is 16.6. The van der Waals surface area contributed by atoms with Crippen LogP contribution in [0, 0.1) is 11.2 Å². The number of nitrogens with one attached hydrogen (secondary N) is 1. The van der Waals surface area contributed by atoms with E-state index in [4.69, 9.17) is 5.73 Å². The number of carbonyl (C=O) groups excluding carboxylic acids is 1. The second kappa shape index (κ2) is 8.17. The van der Waals surface area contributed by atoms with Gasteiger partial charge in [-0.05, 0) is 43.9 Å². The van der Waals surface area contributed by atoms with Crippen LogP contribution < -0.4 is 11.1 Å². The van der Waals surface area contributed by atoms with Gasteiger partial charge in [0.15, 0.2) is 5.82 Å². The number of rotatable bonds is 6. The molecule has 0 saturated heterocycles. The molecule has 3 N–H and O–H groups in total. The van der Waals surface area contributed by atoms with Crippen LogP contribution in [0.15, 0.2) is 18.2 Å². The van der Waals surface area contributed by atoms with Crippen molar-refractivity contribution in [2.45, 2.75) is 58.9 Å². The van der Waals surface area contributed by atoms with Gasteiger partial charge < -0.3 is 15.6 Å². The number of hydrogen-bond donors (Lipinski definition) is 2. The van der Waals surface area contributed by atoms with Crippen LogP contribution >= 0.6 is 0 Å². The molecule has 1 aliphatic rings. The maximum atomic E-state index is 14.6. The van der Waals surface area contributed by atoms with Crippen LogP contribution in [-0.2, 0) is 17.8 Å². The van der Waals surface area contributed by atoms with Gasteiger partial charge in [0.2, 0.25) is 5.91 Å². The topological polar surface area (TPSA) is 85.8 Å². The largest absolute Gasteiger partial charge is 0.329 e. The van der Waals surface area contributed by atoms with E-state index < -0.39 is 5.41 Å². The average molecular weight is 373 g/mol. The zero-order chi connectivity index (χ0) is 19.4. The van der Waals surface area contributed by atoms with Crippen molar-refractivity contribution in [1.29, 1.82) is 0 Å². The SMILES string of the molecule is CCC(CC)(CN)C(=O)Nc1ccc(F)c(-c2nnc3n2CCCCC3)c1. The van der Waals surface area contributed by atoms with Crippen LogP contribution in [0.25, 0.3) is 11.4 Å². The van der Waals surface area contributed by atoms with Gasteiger partial charge in [0.05, 0.1) is 11.0 Å². The predicted molar refractivity (Wildman–Crippen MR) is 104 cm³/mol. The molecule has 0 aliphatic carbocycles. The van der Waals surface area contributed by atoms with Gasteiger partial charge in [-0.2, -0.15) is 0 Å². The third-order valence-corrected chi connectivity index (χ3v) is 5.80. The van der Waals surface area contributed by atoms with Gasteiger partial charge in [0.25, 0.3) is 0 Å². The summed E-state index contributed by atoms with van der Waals surface area (Å²) in [6, 6.07) is 4.58. The maximum Gasteiger partial charge on any atom is 0.231 e. The van der Waals surface area contributed by atoms with E-state index in [0.717, 1.165) is 38.1 Å². The fourth-order valence-corrected chi connectivity index (χ4v) is 3.67. The Morgan fingerprint density at radius 2 is 2.04 bits per heavy atom. The number of benzene rings is 1. The molecule has 1 aliphatic heterocycles. The van der Waals surface area contributed by atoms with Crippen molar-refractivity contribution in [1.82, 2.24) is 14.8 Å². The lowest BCUT2D eigenvalue weighted by atomic mass is 9.81. The van der Waals surface area contributed by atoms with E-state index >= 15 is 0 Å². The van der Waals surface area contributed by atoms with Gasteiger partial charge in [-0.25, -0.2) is 4.39 Å². The van der Waals surface area contributed by atoms with Gasteiger partial charge in [-0.1, -0.05) is 20.3 Å². The number of nitrogens with zero attached hydrogens (tertiary/aromatic N) is 3. The van der Waals surface area contributed by atoms with E-state index in [1.807, 2.05) is 18.4 Å². The summed E-state index contributed by atoms with van der Waals surface area (Å²) in [5.41, 5.74) is 6.16. The molecule has 0 saturated carbocycles. The minimum absolute atomic E-state index is 0.132. The molecule has 2 aromatic rings. The molecule has 2 heterocycles. The maximum absolute atomic E-state index is 14.6. The van der Waals surface area contributed by atoms with Crippen LogP contribution in [0.5, 0.6) is 0 Å². The number of amides is 1. The molecule has 6 nitrogen and oxygen atoms in total. The van der Waals surface area contributed by atoms with Gasteiger partial charge >= 0.3 is 0 Å². The molecule has 27 heavy (non-hydrogen) atoms. The fourth-order valence-electron chi connectivity index (χ4n) is 3.67. The molecule has 0 bridgehead atoms. The van der Waals surface area contributed by atoms with Crippen molar-refractivity contribution < 1.29 is 9.18 Å². The summed E-state index contributed by atoms with van der Waals surface area (Å²) >= 11 is 0. The van der Waals surface area contributed by atoms with Gasteiger partial charge in [0, 0.05) is 25.2 Å². The molecule has 146 valence electrons. The lowest BCUT2D eigenvalue weighted by Gasteiger charge is -2.28. The molecular formula is C20H28FN5O. The summed E-state index contributed by atoms with van der Waals surface area (Å²) in [6.45, 7) is 4.97. The molecule has 0 atom stereocenters. The Morgan fingerprint density at radius 1 is 1.26 bits per heavy atom. The van der Waals surface area contributed by atoms with Crippen LogP contribution in [0.3, 0.4) is 0 Å². The van der Waals surface area contributed by atoms with E-state index in [-0.39, 0.29) is 18.3 Å². The van der Waals surface area contributed by atoms with E-state index in [2.05, 4.69) is 15.5 Å². The summed E-state index contributed by atoms with van der Waals surface area (Å²) in [6.07, 6.45) is 5.40. The number of carbonyl (C=O) groups is 1. The quantitative estimate of drug-likeness (QED) is 0.811. The van der Waals surface area contributed by atoms with Gasteiger partial charge in [-0.15, -0.1) is 10.2 Å². The Kier molecular flexibility index (Phi) is 5.89. The third kappa shape index (κ3) is 3.74. The molecular weight excluding hydrogens is 345 g/mol. The third-order valence-electron chi connectivity index (χ3n) is 5.80. The number of nitrogens with two attached hydrogens (primary N) is 1. The first-order chi connectivity index (χ1) is 13.0. The Balaban J connectivity index is 1.92. The molecule has 1 aromatic heterocycles. The normalized spacial score (nSPS) is 14.5. The molecule has 3 rings (SSSR count). The van der Waals surface area contributed by atoms with Crippen molar-refractivity contribution in [3.63, 3.8) is 0 Å². The zero-order valence-corrected chi connectivity index (χ0v) is 16.1. The Labute approximate surface area is 159 Å². The summed E-state index contributed by atoms with van der Waals surface area (Å²) in [4.78, 5) is 12.8. The van der Waals surface area contributed by atoms with Crippen molar-refractivity contribution in [3.8, 4) is 11.4 Å². The van der Waals surface area contributed by atoms with E-state index in [9.17, 15) is 9.18 Å². The molecule has 0 fully saturated rings. The molecule has 0 unspecified atom stereocenters. The number of anilines is 1. The number of halogens is 1. The monoisotopic (exact) mass is 373 g/mol. The zero-order valence-electron chi connectivity index (χ0n) is 16.1. The van der Waals surface area contributed by atoms with Gasteiger partial charge in [-0.3, -0.25) is 4.79 Å². The summed E-state index contributed by atoms with van der Waals surface area (Å²) in [5.74, 6) is 0.920. The van der Waals surface area contributed by atoms with Crippen LogP contribution in [0.4, 0.5) is 10.1 Å². The molecule has 7 heteroatoms. The molecule has 1 amide bonds. The highest BCUT2D eigenvalue weighted by Crippen LogP contribution is 2.30.